The largest absolute Gasteiger partial charge is 0.383 e. The molecular weight excluding hydrogens is 252 g/mol. The highest BCUT2D eigenvalue weighted by atomic mass is 32.1. The molecule has 0 atom stereocenters. The van der Waals surface area contributed by atoms with Crippen LogP contribution in [0.4, 0.5) is 5.69 Å². The normalized spacial score (nSPS) is 11.1. The highest BCUT2D eigenvalue weighted by Gasteiger charge is 2.06. The van der Waals surface area contributed by atoms with Crippen LogP contribution in [0.2, 0.25) is 0 Å². The van der Waals surface area contributed by atoms with E-state index in [9.17, 15) is 0 Å². The third kappa shape index (κ3) is 2.61. The Kier molecular flexibility index (Phi) is 3.22. The predicted octanol–water partition coefficient (Wildman–Crippen LogP) is 4.78. The highest BCUT2D eigenvalue weighted by Crippen LogP contribution is 2.31. The number of rotatable bonds is 3. The molecule has 2 aromatic carbocycles. The molecule has 3 rings (SSSR count). The van der Waals surface area contributed by atoms with Crippen molar-refractivity contribution in [1.82, 2.24) is 4.98 Å². The number of nitrogens with zero attached hydrogens (tertiary/aromatic N) is 1. The van der Waals surface area contributed by atoms with Crippen molar-refractivity contribution >= 4 is 27.2 Å². The summed E-state index contributed by atoms with van der Waals surface area (Å²) in [7, 11) is 0. The van der Waals surface area contributed by atoms with E-state index in [0.717, 1.165) is 16.2 Å². The van der Waals surface area contributed by atoms with Crippen LogP contribution in [0.3, 0.4) is 0 Å². The first kappa shape index (κ1) is 12.2. The summed E-state index contributed by atoms with van der Waals surface area (Å²) in [6, 6.07) is 17.2. The Balaban J connectivity index is 2.01. The van der Waals surface area contributed by atoms with Crippen LogP contribution in [0.5, 0.6) is 0 Å². The molecule has 0 saturated carbocycles. The van der Waals surface area contributed by atoms with E-state index in [1.807, 2.05) is 18.2 Å². The van der Waals surface area contributed by atoms with Gasteiger partial charge < -0.3 is 5.32 Å². The third-order valence-corrected chi connectivity index (χ3v) is 3.95. The molecule has 0 fully saturated rings. The van der Waals surface area contributed by atoms with Gasteiger partial charge in [-0.3, -0.25) is 0 Å². The maximum absolute atomic E-state index is 4.73. The van der Waals surface area contributed by atoms with Gasteiger partial charge in [-0.05, 0) is 32.0 Å². The summed E-state index contributed by atoms with van der Waals surface area (Å²) in [4.78, 5) is 4.73. The highest BCUT2D eigenvalue weighted by molar-refractivity contribution is 7.21. The fourth-order valence-corrected chi connectivity index (χ4v) is 3.01. The average Bonchev–Trinajstić information content (AvgIpc) is 2.82. The van der Waals surface area contributed by atoms with Gasteiger partial charge in [-0.15, -0.1) is 11.3 Å². The van der Waals surface area contributed by atoms with Gasteiger partial charge in [-0.25, -0.2) is 4.98 Å². The van der Waals surface area contributed by atoms with Gasteiger partial charge in [0, 0.05) is 17.3 Å². The SMILES string of the molecule is CC(C)Nc1ccc2sc(-c3ccccc3)nc2c1. The number of benzene rings is 2. The molecule has 3 aromatic rings. The second kappa shape index (κ2) is 5.02. The molecule has 0 saturated heterocycles. The van der Waals surface area contributed by atoms with E-state index in [0.29, 0.717) is 6.04 Å². The van der Waals surface area contributed by atoms with Crippen LogP contribution in [0, 0.1) is 0 Å². The Labute approximate surface area is 117 Å². The van der Waals surface area contributed by atoms with Gasteiger partial charge in [0.1, 0.15) is 5.01 Å². The summed E-state index contributed by atoms with van der Waals surface area (Å²) in [5.74, 6) is 0. The summed E-state index contributed by atoms with van der Waals surface area (Å²) < 4.78 is 1.23. The van der Waals surface area contributed by atoms with Gasteiger partial charge in [0.2, 0.25) is 0 Å². The van der Waals surface area contributed by atoms with E-state index in [1.165, 1.54) is 10.3 Å². The maximum atomic E-state index is 4.73. The Hall–Kier alpha value is -1.87. The van der Waals surface area contributed by atoms with Crippen LogP contribution in [-0.4, -0.2) is 11.0 Å². The maximum Gasteiger partial charge on any atom is 0.124 e. The Bertz CT molecular complexity index is 686. The van der Waals surface area contributed by atoms with Gasteiger partial charge in [-0.2, -0.15) is 0 Å². The molecule has 2 nitrogen and oxygen atoms in total. The minimum Gasteiger partial charge on any atom is -0.383 e. The van der Waals surface area contributed by atoms with E-state index in [4.69, 9.17) is 4.98 Å². The van der Waals surface area contributed by atoms with Crippen molar-refractivity contribution in [1.29, 1.82) is 0 Å². The first-order valence-electron chi connectivity index (χ1n) is 6.45. The predicted molar refractivity (Wildman–Crippen MR) is 83.8 cm³/mol. The lowest BCUT2D eigenvalue weighted by Gasteiger charge is -2.08. The number of aromatic nitrogens is 1. The minimum atomic E-state index is 0.435. The van der Waals surface area contributed by atoms with Gasteiger partial charge in [0.05, 0.1) is 10.2 Å². The molecule has 0 spiro atoms. The van der Waals surface area contributed by atoms with Crippen molar-refractivity contribution in [2.45, 2.75) is 19.9 Å². The second-order valence-electron chi connectivity index (χ2n) is 4.87. The quantitative estimate of drug-likeness (QED) is 0.739. The number of anilines is 1. The van der Waals surface area contributed by atoms with Crippen molar-refractivity contribution in [3.8, 4) is 10.6 Å². The summed E-state index contributed by atoms with van der Waals surface area (Å²) in [5, 5.41) is 4.49. The van der Waals surface area contributed by atoms with E-state index in [2.05, 4.69) is 49.5 Å². The molecule has 19 heavy (non-hydrogen) atoms. The molecule has 3 heteroatoms. The van der Waals surface area contributed by atoms with Crippen LogP contribution >= 0.6 is 11.3 Å². The summed E-state index contributed by atoms with van der Waals surface area (Å²) in [6.45, 7) is 4.28. The smallest absolute Gasteiger partial charge is 0.124 e. The van der Waals surface area contributed by atoms with E-state index in [1.54, 1.807) is 11.3 Å². The topological polar surface area (TPSA) is 24.9 Å². The fraction of sp³-hybridized carbons (Fsp3) is 0.188. The summed E-state index contributed by atoms with van der Waals surface area (Å²) >= 11 is 1.74. The minimum absolute atomic E-state index is 0.435. The molecule has 0 aliphatic rings. The number of fused-ring (bicyclic) bond motifs is 1. The molecule has 0 bridgehead atoms. The molecule has 0 aliphatic carbocycles. The standard InChI is InChI=1S/C16H16N2S/c1-11(2)17-13-8-9-15-14(10-13)18-16(19-15)12-6-4-3-5-7-12/h3-11,17H,1-2H3. The monoisotopic (exact) mass is 268 g/mol. The first-order valence-corrected chi connectivity index (χ1v) is 7.26. The zero-order valence-corrected chi connectivity index (χ0v) is 11.9. The van der Waals surface area contributed by atoms with Crippen LogP contribution in [0.25, 0.3) is 20.8 Å². The zero-order chi connectivity index (χ0) is 13.2. The zero-order valence-electron chi connectivity index (χ0n) is 11.1. The molecule has 1 heterocycles. The van der Waals surface area contributed by atoms with Gasteiger partial charge in [-0.1, -0.05) is 30.3 Å². The number of hydrogen-bond donors (Lipinski definition) is 1. The van der Waals surface area contributed by atoms with Crippen molar-refractivity contribution in [3.63, 3.8) is 0 Å². The fourth-order valence-electron chi connectivity index (χ4n) is 2.05. The summed E-state index contributed by atoms with van der Waals surface area (Å²) in [6.07, 6.45) is 0. The Morgan fingerprint density at radius 1 is 1.05 bits per heavy atom. The molecule has 0 amide bonds. The van der Waals surface area contributed by atoms with Crippen LogP contribution in [-0.2, 0) is 0 Å². The molecule has 0 aliphatic heterocycles. The molecule has 1 N–H and O–H groups in total. The van der Waals surface area contributed by atoms with E-state index >= 15 is 0 Å². The first-order chi connectivity index (χ1) is 9.22. The number of nitrogens with one attached hydrogen (secondary N) is 1. The van der Waals surface area contributed by atoms with Crippen LogP contribution < -0.4 is 5.32 Å². The Morgan fingerprint density at radius 3 is 2.58 bits per heavy atom. The lowest BCUT2D eigenvalue weighted by Crippen LogP contribution is -2.09. The third-order valence-electron chi connectivity index (χ3n) is 2.86. The second-order valence-corrected chi connectivity index (χ2v) is 5.90. The van der Waals surface area contributed by atoms with Crippen LogP contribution in [0.15, 0.2) is 48.5 Å². The molecule has 0 unspecified atom stereocenters. The number of thiazole rings is 1. The van der Waals surface area contributed by atoms with Gasteiger partial charge >= 0.3 is 0 Å². The average molecular weight is 268 g/mol. The molecule has 96 valence electrons. The molecular formula is C16H16N2S. The van der Waals surface area contributed by atoms with E-state index in [-0.39, 0.29) is 0 Å². The molecule has 0 radical (unpaired) electrons. The lowest BCUT2D eigenvalue weighted by molar-refractivity contribution is 0.900. The Morgan fingerprint density at radius 2 is 1.84 bits per heavy atom. The van der Waals surface area contributed by atoms with Gasteiger partial charge in [0.25, 0.3) is 0 Å². The van der Waals surface area contributed by atoms with Gasteiger partial charge in [0.15, 0.2) is 0 Å². The molecule has 1 aromatic heterocycles. The number of hydrogen-bond acceptors (Lipinski definition) is 3. The van der Waals surface area contributed by atoms with Crippen molar-refractivity contribution in [3.05, 3.63) is 48.5 Å². The van der Waals surface area contributed by atoms with Crippen LogP contribution in [0.1, 0.15) is 13.8 Å². The van der Waals surface area contributed by atoms with Crippen molar-refractivity contribution in [2.24, 2.45) is 0 Å². The van der Waals surface area contributed by atoms with E-state index < -0.39 is 0 Å². The van der Waals surface area contributed by atoms with Crippen molar-refractivity contribution < 1.29 is 0 Å². The summed E-state index contributed by atoms with van der Waals surface area (Å²) in [5.41, 5.74) is 3.38. The van der Waals surface area contributed by atoms with Crippen molar-refractivity contribution in [2.75, 3.05) is 5.32 Å². The lowest BCUT2D eigenvalue weighted by atomic mass is 10.2.